The van der Waals surface area contributed by atoms with Gasteiger partial charge in [0.15, 0.2) is 5.52 Å². The summed E-state index contributed by atoms with van der Waals surface area (Å²) in [5.41, 5.74) is 0.915. The molecule has 4 rings (SSSR count). The lowest BCUT2D eigenvalue weighted by Crippen LogP contribution is -2.17. The van der Waals surface area contributed by atoms with Gasteiger partial charge in [-0.1, -0.05) is 30.3 Å². The van der Waals surface area contributed by atoms with Crippen LogP contribution < -0.4 is 9.84 Å². The highest BCUT2D eigenvalue weighted by Gasteiger charge is 2.25. The number of fused-ring (bicyclic) bond motifs is 1. The maximum atomic E-state index is 13.0. The SMILES string of the molecule is CP(=O)(OCC(Nc1ccc([N+](=O)[O-])c2nonc12)c1ccccc1)Oc1ccc([N+](=O)[O-])cc1. The first-order chi connectivity index (χ1) is 16.7. The maximum absolute atomic E-state index is 13.0. The number of nitrogens with zero attached hydrogens (tertiary/aromatic N) is 4. The Morgan fingerprint density at radius 3 is 2.31 bits per heavy atom. The van der Waals surface area contributed by atoms with Crippen molar-refractivity contribution in [3.05, 3.63) is 92.5 Å². The van der Waals surface area contributed by atoms with Crippen LogP contribution in [0.2, 0.25) is 0 Å². The van der Waals surface area contributed by atoms with Gasteiger partial charge in [0, 0.05) is 24.9 Å². The van der Waals surface area contributed by atoms with E-state index in [1.165, 1.54) is 43.1 Å². The highest BCUT2D eigenvalue weighted by Crippen LogP contribution is 2.45. The van der Waals surface area contributed by atoms with Gasteiger partial charge >= 0.3 is 13.3 Å². The molecule has 3 aromatic carbocycles. The smallest absolute Gasteiger partial charge is 0.376 e. The summed E-state index contributed by atoms with van der Waals surface area (Å²) in [6.45, 7) is 1.16. The highest BCUT2D eigenvalue weighted by atomic mass is 31.2. The molecule has 0 fully saturated rings. The number of nitro groups is 2. The molecule has 0 aliphatic carbocycles. The van der Waals surface area contributed by atoms with Crippen molar-refractivity contribution >= 4 is 35.7 Å². The van der Waals surface area contributed by atoms with Gasteiger partial charge in [-0.05, 0) is 34.1 Å². The van der Waals surface area contributed by atoms with Gasteiger partial charge in [0.1, 0.15) is 5.75 Å². The lowest BCUT2D eigenvalue weighted by molar-refractivity contribution is -0.384. The molecular weight excluding hydrogens is 481 g/mol. The van der Waals surface area contributed by atoms with E-state index in [1.54, 1.807) is 0 Å². The first-order valence-electron chi connectivity index (χ1n) is 10.1. The summed E-state index contributed by atoms with van der Waals surface area (Å²) in [4.78, 5) is 20.9. The van der Waals surface area contributed by atoms with E-state index < -0.39 is 23.5 Å². The normalized spacial score (nSPS) is 13.6. The van der Waals surface area contributed by atoms with Crippen molar-refractivity contribution < 1.29 is 28.1 Å². The van der Waals surface area contributed by atoms with Crippen LogP contribution in [0, 0.1) is 20.2 Å². The molecule has 0 aliphatic rings. The molecule has 0 bridgehead atoms. The summed E-state index contributed by atoms with van der Waals surface area (Å²) in [6, 6.07) is 16.4. The van der Waals surface area contributed by atoms with Crippen molar-refractivity contribution in [2.45, 2.75) is 6.04 Å². The van der Waals surface area contributed by atoms with Crippen LogP contribution in [0.4, 0.5) is 17.1 Å². The summed E-state index contributed by atoms with van der Waals surface area (Å²) < 4.78 is 28.7. The Morgan fingerprint density at radius 2 is 1.66 bits per heavy atom. The molecule has 2 unspecified atom stereocenters. The molecule has 0 saturated heterocycles. The summed E-state index contributed by atoms with van der Waals surface area (Å²) in [5.74, 6) is 0.149. The van der Waals surface area contributed by atoms with Gasteiger partial charge in [-0.15, -0.1) is 0 Å². The maximum Gasteiger partial charge on any atom is 0.376 e. The number of anilines is 1. The number of aromatic nitrogens is 2. The minimum Gasteiger partial charge on any atom is -0.425 e. The van der Waals surface area contributed by atoms with Crippen LogP contribution in [0.1, 0.15) is 11.6 Å². The van der Waals surface area contributed by atoms with E-state index in [9.17, 15) is 24.8 Å². The molecule has 1 N–H and O–H groups in total. The Balaban J connectivity index is 1.54. The van der Waals surface area contributed by atoms with Crippen LogP contribution in [0.15, 0.2) is 71.4 Å². The first-order valence-corrected chi connectivity index (χ1v) is 12.1. The fourth-order valence-electron chi connectivity index (χ4n) is 3.27. The Bertz CT molecular complexity index is 1410. The van der Waals surface area contributed by atoms with Gasteiger partial charge in [-0.2, -0.15) is 0 Å². The van der Waals surface area contributed by atoms with Crippen LogP contribution in [0.3, 0.4) is 0 Å². The van der Waals surface area contributed by atoms with E-state index in [-0.39, 0.29) is 34.8 Å². The summed E-state index contributed by atoms with van der Waals surface area (Å²) >= 11 is 0. The molecule has 0 spiro atoms. The quantitative estimate of drug-likeness (QED) is 0.174. The number of hydrogen-bond donors (Lipinski definition) is 1. The monoisotopic (exact) mass is 499 g/mol. The van der Waals surface area contributed by atoms with Crippen LogP contribution in [0.5, 0.6) is 5.75 Å². The third kappa shape index (κ3) is 5.60. The molecule has 0 saturated carbocycles. The van der Waals surface area contributed by atoms with Crippen molar-refractivity contribution in [1.29, 1.82) is 0 Å². The number of nitro benzene ring substituents is 2. The average molecular weight is 499 g/mol. The van der Waals surface area contributed by atoms with Crippen LogP contribution in [-0.4, -0.2) is 33.4 Å². The average Bonchev–Trinajstić information content (AvgIpc) is 3.32. The minimum atomic E-state index is -3.64. The van der Waals surface area contributed by atoms with Crippen molar-refractivity contribution in [3.8, 4) is 5.75 Å². The third-order valence-electron chi connectivity index (χ3n) is 4.92. The lowest BCUT2D eigenvalue weighted by atomic mass is 10.1. The van der Waals surface area contributed by atoms with E-state index in [0.717, 1.165) is 5.56 Å². The fraction of sp³-hybridized carbons (Fsp3) is 0.143. The van der Waals surface area contributed by atoms with E-state index in [1.807, 2.05) is 30.3 Å². The zero-order chi connectivity index (χ0) is 25.0. The molecule has 0 aliphatic heterocycles. The predicted molar refractivity (Wildman–Crippen MR) is 124 cm³/mol. The summed E-state index contributed by atoms with van der Waals surface area (Å²) in [7, 11) is -3.64. The van der Waals surface area contributed by atoms with Crippen LogP contribution >= 0.6 is 7.60 Å². The Kier molecular flexibility index (Phi) is 6.71. The van der Waals surface area contributed by atoms with Crippen LogP contribution in [-0.2, 0) is 9.09 Å². The zero-order valence-electron chi connectivity index (χ0n) is 18.1. The van der Waals surface area contributed by atoms with Gasteiger partial charge in [0.25, 0.3) is 5.69 Å². The second-order valence-corrected chi connectivity index (χ2v) is 9.35. The fourth-order valence-corrected chi connectivity index (χ4v) is 4.25. The molecule has 1 heterocycles. The molecule has 4 aromatic rings. The van der Waals surface area contributed by atoms with E-state index >= 15 is 0 Å². The van der Waals surface area contributed by atoms with Crippen molar-refractivity contribution in [3.63, 3.8) is 0 Å². The van der Waals surface area contributed by atoms with Crippen LogP contribution in [0.25, 0.3) is 11.0 Å². The largest absolute Gasteiger partial charge is 0.425 e. The van der Waals surface area contributed by atoms with E-state index in [0.29, 0.717) is 5.69 Å². The predicted octanol–water partition coefficient (Wildman–Crippen LogP) is 5.11. The summed E-state index contributed by atoms with van der Waals surface area (Å²) in [6.07, 6.45) is 0. The van der Waals surface area contributed by atoms with E-state index in [4.69, 9.17) is 13.7 Å². The Hall–Kier alpha value is -4.35. The highest BCUT2D eigenvalue weighted by molar-refractivity contribution is 7.53. The van der Waals surface area contributed by atoms with Crippen molar-refractivity contribution in [2.75, 3.05) is 18.6 Å². The number of nitrogens with one attached hydrogen (secondary N) is 1. The Morgan fingerprint density at radius 1 is 0.971 bits per heavy atom. The first kappa shape index (κ1) is 23.8. The number of rotatable bonds is 10. The standard InChI is InChI=1S/C21H18N5O8P/c1-35(31,33-16-9-7-15(8-10-16)25(27)28)32-13-18(14-5-3-2-4-6-14)22-17-11-12-19(26(29)30)21-20(17)23-34-24-21/h2-12,18,22H,13H2,1H3. The molecule has 0 amide bonds. The minimum absolute atomic E-state index is 0.0182. The second kappa shape index (κ2) is 9.87. The number of benzene rings is 3. The molecule has 35 heavy (non-hydrogen) atoms. The zero-order valence-corrected chi connectivity index (χ0v) is 19.0. The molecule has 14 heteroatoms. The van der Waals surface area contributed by atoms with Gasteiger partial charge in [0.05, 0.1) is 28.2 Å². The van der Waals surface area contributed by atoms with Gasteiger partial charge in [-0.25, -0.2) is 9.19 Å². The topological polar surface area (TPSA) is 173 Å². The van der Waals surface area contributed by atoms with Gasteiger partial charge in [-0.3, -0.25) is 24.8 Å². The molecular formula is C21H18N5O8P. The second-order valence-electron chi connectivity index (χ2n) is 7.37. The molecule has 180 valence electrons. The van der Waals surface area contributed by atoms with E-state index in [2.05, 4.69) is 15.6 Å². The van der Waals surface area contributed by atoms with Gasteiger partial charge in [0.2, 0.25) is 5.52 Å². The Labute approximate surface area is 197 Å². The van der Waals surface area contributed by atoms with Crippen molar-refractivity contribution in [1.82, 2.24) is 10.3 Å². The molecule has 2 atom stereocenters. The lowest BCUT2D eigenvalue weighted by Gasteiger charge is -2.23. The van der Waals surface area contributed by atoms with Gasteiger partial charge < -0.3 is 9.84 Å². The molecule has 1 aromatic heterocycles. The number of non-ortho nitro benzene ring substituents is 2. The third-order valence-corrected chi connectivity index (χ3v) is 6.08. The molecule has 0 radical (unpaired) electrons. The summed E-state index contributed by atoms with van der Waals surface area (Å²) in [5, 5.41) is 32.6. The molecule has 13 nitrogen and oxygen atoms in total. The number of hydrogen-bond acceptors (Lipinski definition) is 11. The van der Waals surface area contributed by atoms with Crippen molar-refractivity contribution in [2.24, 2.45) is 0 Å².